The number of rotatable bonds is 6. The fourth-order valence-electron chi connectivity index (χ4n) is 4.36. The van der Waals surface area contributed by atoms with Crippen LogP contribution in [0.15, 0.2) is 18.3 Å². The van der Waals surface area contributed by atoms with E-state index >= 15 is 0 Å². The number of fused-ring (bicyclic) bond motifs is 1. The van der Waals surface area contributed by atoms with Crippen LogP contribution in [0.3, 0.4) is 0 Å². The zero-order valence-corrected chi connectivity index (χ0v) is 17.6. The van der Waals surface area contributed by atoms with E-state index < -0.39 is 17.5 Å². The normalized spacial score (nSPS) is 20.9. The summed E-state index contributed by atoms with van der Waals surface area (Å²) in [6.45, 7) is 5.46. The summed E-state index contributed by atoms with van der Waals surface area (Å²) < 4.78 is 45.6. The van der Waals surface area contributed by atoms with Crippen LogP contribution in [-0.4, -0.2) is 41.6 Å². The molecule has 1 saturated carbocycles. The first kappa shape index (κ1) is 21.4. The zero-order chi connectivity index (χ0) is 22.1. The summed E-state index contributed by atoms with van der Waals surface area (Å²) in [7, 11) is 0. The minimum absolute atomic E-state index is 0.00464. The summed E-state index contributed by atoms with van der Waals surface area (Å²) in [5.74, 6) is -2.23. The molecule has 31 heavy (non-hydrogen) atoms. The fraction of sp³-hybridized carbons (Fsp3) is 0.500. The summed E-state index contributed by atoms with van der Waals surface area (Å²) in [4.78, 5) is 25.2. The van der Waals surface area contributed by atoms with Crippen molar-refractivity contribution in [1.82, 2.24) is 9.97 Å². The molecular weight excluding hydrogens is 409 g/mol. The lowest BCUT2D eigenvalue weighted by atomic mass is 10.0. The maximum absolute atomic E-state index is 13.4. The van der Waals surface area contributed by atoms with Crippen LogP contribution in [0.4, 0.5) is 24.7 Å². The van der Waals surface area contributed by atoms with Gasteiger partial charge in [0.25, 0.3) is 0 Å². The minimum atomic E-state index is -1.49. The van der Waals surface area contributed by atoms with Crippen LogP contribution in [0.2, 0.25) is 0 Å². The second kappa shape index (κ2) is 8.72. The molecule has 0 unspecified atom stereocenters. The summed E-state index contributed by atoms with van der Waals surface area (Å²) in [6, 6.07) is 1.75. The van der Waals surface area contributed by atoms with Crippen molar-refractivity contribution >= 4 is 17.4 Å². The molecule has 6 nitrogen and oxygen atoms in total. The van der Waals surface area contributed by atoms with Crippen molar-refractivity contribution in [1.29, 1.82) is 0 Å². The van der Waals surface area contributed by atoms with Gasteiger partial charge in [-0.1, -0.05) is 0 Å². The number of ether oxygens (including phenoxy) is 1. The molecule has 4 rings (SSSR count). The van der Waals surface area contributed by atoms with E-state index in [1.54, 1.807) is 11.1 Å². The number of halogens is 3. The summed E-state index contributed by atoms with van der Waals surface area (Å²) >= 11 is 0. The van der Waals surface area contributed by atoms with E-state index in [0.717, 1.165) is 36.5 Å². The Morgan fingerprint density at radius 1 is 1.13 bits per heavy atom. The molecule has 2 atom stereocenters. The van der Waals surface area contributed by atoms with E-state index in [1.165, 1.54) is 0 Å². The van der Waals surface area contributed by atoms with Crippen molar-refractivity contribution in [3.8, 4) is 5.75 Å². The van der Waals surface area contributed by atoms with Gasteiger partial charge in [-0.3, -0.25) is 4.79 Å². The highest BCUT2D eigenvalue weighted by Gasteiger charge is 2.31. The fourth-order valence-corrected chi connectivity index (χ4v) is 4.36. The molecular formula is C22H25F3N4O2. The van der Waals surface area contributed by atoms with Gasteiger partial charge in [0.15, 0.2) is 23.3 Å². The summed E-state index contributed by atoms with van der Waals surface area (Å²) in [5, 5.41) is 0. The van der Waals surface area contributed by atoms with E-state index in [9.17, 15) is 18.0 Å². The first-order chi connectivity index (χ1) is 14.9. The number of hydrogen-bond donors (Lipinski definition) is 0. The van der Waals surface area contributed by atoms with Crippen LogP contribution in [-0.2, 0) is 11.2 Å². The number of hydrogen-bond acceptors (Lipinski definition) is 5. The second-order valence-corrected chi connectivity index (χ2v) is 7.97. The molecule has 1 fully saturated rings. The van der Waals surface area contributed by atoms with Crippen molar-refractivity contribution in [2.75, 3.05) is 29.4 Å². The third kappa shape index (κ3) is 4.31. The molecule has 9 heteroatoms. The lowest BCUT2D eigenvalue weighted by molar-refractivity contribution is -0.117. The Kier molecular flexibility index (Phi) is 6.02. The lowest BCUT2D eigenvalue weighted by Crippen LogP contribution is -2.46. The molecule has 1 aromatic carbocycles. The molecule has 1 aliphatic carbocycles. The minimum Gasteiger partial charge on any atom is -0.490 e. The zero-order valence-electron chi connectivity index (χ0n) is 17.6. The molecule has 166 valence electrons. The molecule has 2 aliphatic rings. The molecule has 1 aliphatic heterocycles. The monoisotopic (exact) mass is 434 g/mol. The van der Waals surface area contributed by atoms with Crippen LogP contribution >= 0.6 is 0 Å². The number of nitrogens with zero attached hydrogens (tertiary/aromatic N) is 4. The predicted molar refractivity (Wildman–Crippen MR) is 110 cm³/mol. The highest BCUT2D eigenvalue weighted by molar-refractivity contribution is 6.02. The van der Waals surface area contributed by atoms with Crippen LogP contribution < -0.4 is 14.5 Å². The van der Waals surface area contributed by atoms with Crippen molar-refractivity contribution in [2.45, 2.75) is 45.6 Å². The van der Waals surface area contributed by atoms with Crippen molar-refractivity contribution < 1.29 is 22.7 Å². The van der Waals surface area contributed by atoms with Gasteiger partial charge in [-0.25, -0.2) is 23.1 Å². The number of likely N-dealkylation sites (N-methyl/N-ethyl adjacent to an activating group) is 2. The number of carbonyl (C=O) groups is 1. The average Bonchev–Trinajstić information content (AvgIpc) is 3.18. The standard InChI is InChI=1S/C22H25F3N4O2/c1-3-28-12-20(30)29(4-2)18-11-26-19(27-22(18)28)8-13-5-6-14(7-13)31-15-9-16(23)21(25)17(24)10-15/h9-11,13-14H,3-8,12H2,1-2H3/t13-,14-/m1/s1. The van der Waals surface area contributed by atoms with Gasteiger partial charge in [0.05, 0.1) is 18.8 Å². The van der Waals surface area contributed by atoms with Crippen LogP contribution in [0, 0.1) is 23.4 Å². The van der Waals surface area contributed by atoms with Gasteiger partial charge in [-0.05, 0) is 39.0 Å². The molecule has 2 aromatic rings. The van der Waals surface area contributed by atoms with E-state index in [0.29, 0.717) is 38.3 Å². The Morgan fingerprint density at radius 2 is 1.87 bits per heavy atom. The summed E-state index contributed by atoms with van der Waals surface area (Å²) in [5.41, 5.74) is 0.734. The van der Waals surface area contributed by atoms with Gasteiger partial charge in [0.1, 0.15) is 17.3 Å². The molecule has 0 radical (unpaired) electrons. The van der Waals surface area contributed by atoms with Gasteiger partial charge in [-0.2, -0.15) is 0 Å². The Balaban J connectivity index is 1.43. The van der Waals surface area contributed by atoms with Gasteiger partial charge in [-0.15, -0.1) is 0 Å². The van der Waals surface area contributed by atoms with Crippen molar-refractivity contribution in [2.24, 2.45) is 5.92 Å². The second-order valence-electron chi connectivity index (χ2n) is 7.97. The SMILES string of the molecule is CCN1CC(=O)N(CC)c2cnc(C[C@@H]3CC[C@@H](Oc4cc(F)c(F)c(F)c4)C3)nc21. The van der Waals surface area contributed by atoms with E-state index in [2.05, 4.69) is 4.98 Å². The Labute approximate surface area is 179 Å². The number of carbonyl (C=O) groups excluding carboxylic acids is 1. The van der Waals surface area contributed by atoms with Crippen molar-refractivity contribution in [3.63, 3.8) is 0 Å². The first-order valence-electron chi connectivity index (χ1n) is 10.6. The third-order valence-electron chi connectivity index (χ3n) is 5.94. The largest absolute Gasteiger partial charge is 0.490 e. The maximum Gasteiger partial charge on any atom is 0.246 e. The molecule has 0 N–H and O–H groups in total. The highest BCUT2D eigenvalue weighted by Crippen LogP contribution is 2.34. The molecule has 0 spiro atoms. The Morgan fingerprint density at radius 3 is 2.55 bits per heavy atom. The van der Waals surface area contributed by atoms with E-state index in [1.807, 2.05) is 18.7 Å². The van der Waals surface area contributed by atoms with Gasteiger partial charge < -0.3 is 14.5 Å². The quantitative estimate of drug-likeness (QED) is 0.646. The highest BCUT2D eigenvalue weighted by atomic mass is 19.2. The van der Waals surface area contributed by atoms with E-state index in [-0.39, 0.29) is 23.7 Å². The summed E-state index contributed by atoms with van der Waals surface area (Å²) in [6.07, 6.45) is 4.46. The number of amides is 1. The van der Waals surface area contributed by atoms with Gasteiger partial charge >= 0.3 is 0 Å². The van der Waals surface area contributed by atoms with Gasteiger partial charge in [0, 0.05) is 31.6 Å². The maximum atomic E-state index is 13.4. The van der Waals surface area contributed by atoms with Crippen molar-refractivity contribution in [3.05, 3.63) is 41.6 Å². The third-order valence-corrected chi connectivity index (χ3v) is 5.94. The van der Waals surface area contributed by atoms with E-state index in [4.69, 9.17) is 9.72 Å². The molecule has 1 amide bonds. The molecule has 0 saturated heterocycles. The molecule has 2 heterocycles. The molecule has 0 bridgehead atoms. The van der Waals surface area contributed by atoms with Crippen LogP contribution in [0.25, 0.3) is 0 Å². The van der Waals surface area contributed by atoms with Crippen LogP contribution in [0.5, 0.6) is 5.75 Å². The lowest BCUT2D eigenvalue weighted by Gasteiger charge is -2.35. The predicted octanol–water partition coefficient (Wildman–Crippen LogP) is 3.88. The smallest absolute Gasteiger partial charge is 0.246 e. The average molecular weight is 434 g/mol. The van der Waals surface area contributed by atoms with Crippen LogP contribution in [0.1, 0.15) is 38.9 Å². The topological polar surface area (TPSA) is 58.6 Å². The number of anilines is 2. The Hall–Kier alpha value is -2.84. The number of benzene rings is 1. The number of aromatic nitrogens is 2. The molecule has 1 aromatic heterocycles. The Bertz CT molecular complexity index is 964. The first-order valence-corrected chi connectivity index (χ1v) is 10.6. The van der Waals surface area contributed by atoms with Gasteiger partial charge in [0.2, 0.25) is 5.91 Å².